The lowest BCUT2D eigenvalue weighted by molar-refractivity contribution is -0.123. The van der Waals surface area contributed by atoms with Crippen LogP contribution in [0.3, 0.4) is 0 Å². The number of ether oxygens (including phenoxy) is 3. The smallest absolute Gasteiger partial charge is 0.222 e. The number of hydrogen-bond acceptors (Lipinski definition) is 18. The van der Waals surface area contributed by atoms with Crippen LogP contribution in [-0.2, 0) is 47.8 Å². The molecule has 0 unspecified atom stereocenters. The molecule has 0 fully saturated rings. The molecule has 0 saturated carbocycles. The fourth-order valence-electron chi connectivity index (χ4n) is 5.97. The second-order valence-corrected chi connectivity index (χ2v) is 15.9. The number of hydrogen-bond donors (Lipinski definition) is 7. The summed E-state index contributed by atoms with van der Waals surface area (Å²) in [4.78, 5) is 92.0. The van der Waals surface area contributed by atoms with Crippen LogP contribution < -0.4 is 38.9 Å². The van der Waals surface area contributed by atoms with Crippen LogP contribution >= 0.6 is 11.8 Å². The van der Waals surface area contributed by atoms with Gasteiger partial charge in [0.2, 0.25) is 17.7 Å². The zero-order valence-electron chi connectivity index (χ0n) is 38.2. The van der Waals surface area contributed by atoms with Gasteiger partial charge in [-0.1, -0.05) is 0 Å². The van der Waals surface area contributed by atoms with Gasteiger partial charge in [0.05, 0.1) is 39.6 Å². The van der Waals surface area contributed by atoms with Crippen LogP contribution in [0.1, 0.15) is 70.6 Å². The lowest BCUT2D eigenvalue weighted by atomic mass is 10.1. The van der Waals surface area contributed by atoms with Gasteiger partial charge in [0, 0.05) is 155 Å². The highest BCUT2D eigenvalue weighted by molar-refractivity contribution is 7.98. The van der Waals surface area contributed by atoms with Gasteiger partial charge in [0.1, 0.15) is 23.1 Å². The first-order valence-corrected chi connectivity index (χ1v) is 23.9. The van der Waals surface area contributed by atoms with E-state index in [4.69, 9.17) is 37.1 Å². The van der Waals surface area contributed by atoms with Crippen molar-refractivity contribution in [2.45, 2.75) is 70.6 Å². The van der Waals surface area contributed by atoms with E-state index in [0.717, 1.165) is 5.75 Å². The number of nitrogens with one attached hydrogen (secondary N) is 3. The van der Waals surface area contributed by atoms with E-state index in [-0.39, 0.29) is 79.9 Å². The average Bonchev–Trinajstić information content (AvgIpc) is 3.25. The third-order valence-electron chi connectivity index (χ3n) is 9.73. The van der Waals surface area contributed by atoms with Gasteiger partial charge >= 0.3 is 0 Å². The molecule has 0 aromatic rings. The molecule has 21 heteroatoms. The van der Waals surface area contributed by atoms with Gasteiger partial charge in [-0.05, 0) is 32.4 Å². The first-order chi connectivity index (χ1) is 30.5. The van der Waals surface area contributed by atoms with E-state index in [1.54, 1.807) is 11.8 Å². The van der Waals surface area contributed by atoms with Crippen LogP contribution in [-0.4, -0.2) is 212 Å². The van der Waals surface area contributed by atoms with Gasteiger partial charge in [-0.15, -0.1) is 0 Å². The third-order valence-corrected chi connectivity index (χ3v) is 10.3. The molecule has 0 spiro atoms. The van der Waals surface area contributed by atoms with Gasteiger partial charge in [0.25, 0.3) is 0 Å². The molecule has 0 saturated heterocycles. The van der Waals surface area contributed by atoms with Gasteiger partial charge < -0.3 is 67.8 Å². The van der Waals surface area contributed by atoms with Crippen molar-refractivity contribution in [2.75, 3.05) is 156 Å². The molecule has 366 valence electrons. The van der Waals surface area contributed by atoms with Crippen LogP contribution in [0.2, 0.25) is 0 Å². The summed E-state index contributed by atoms with van der Waals surface area (Å²) in [5, 5.41) is 8.70. The minimum Gasteiger partial charge on any atom is -0.379 e. The van der Waals surface area contributed by atoms with Crippen LogP contribution in [0, 0.1) is 0 Å². The Hall–Kier alpha value is -2.96. The molecule has 3 amide bonds. The molecule has 0 radical (unpaired) electrons. The SMILES string of the molecule is CSCCNC(=O)CCOCCOCCOCCN(CCC(=O)NCCN(CCC(=O)CCN)CCC(=O)CCN)CCC(=O)NCCN(CCC(=O)CCN)CCC(=O)CCN. The van der Waals surface area contributed by atoms with Crippen molar-refractivity contribution in [1.82, 2.24) is 30.7 Å². The topological polar surface area (TPSA) is 297 Å². The summed E-state index contributed by atoms with van der Waals surface area (Å²) in [6.07, 6.45) is 5.05. The second kappa shape index (κ2) is 43.0. The van der Waals surface area contributed by atoms with Gasteiger partial charge in [-0.2, -0.15) is 11.8 Å². The van der Waals surface area contributed by atoms with Crippen LogP contribution in [0.5, 0.6) is 0 Å². The number of ketones is 4. The molecule has 0 rings (SSSR count). The van der Waals surface area contributed by atoms with Crippen molar-refractivity contribution in [2.24, 2.45) is 22.9 Å². The molecule has 11 N–H and O–H groups in total. The van der Waals surface area contributed by atoms with E-state index in [2.05, 4.69) is 16.0 Å². The average molecular weight is 919 g/mol. The number of rotatable bonds is 47. The summed E-state index contributed by atoms with van der Waals surface area (Å²) in [7, 11) is 0. The predicted octanol–water partition coefficient (Wildman–Crippen LogP) is -1.94. The largest absolute Gasteiger partial charge is 0.379 e. The molecule has 0 aromatic heterocycles. The Morgan fingerprint density at radius 1 is 0.381 bits per heavy atom. The summed E-state index contributed by atoms with van der Waals surface area (Å²) in [6.45, 7) is 8.47. The lowest BCUT2D eigenvalue weighted by Gasteiger charge is -2.24. The molecular formula is C42H82N10O10S. The van der Waals surface area contributed by atoms with Crippen molar-refractivity contribution in [3.8, 4) is 0 Å². The Morgan fingerprint density at radius 2 is 0.698 bits per heavy atom. The number of carbonyl (C=O) groups is 7. The van der Waals surface area contributed by atoms with Crippen molar-refractivity contribution < 1.29 is 47.8 Å². The summed E-state index contributed by atoms with van der Waals surface area (Å²) in [6, 6.07) is 0. The van der Waals surface area contributed by atoms with Crippen molar-refractivity contribution in [1.29, 1.82) is 0 Å². The Kier molecular flexibility index (Phi) is 40.9. The normalized spacial score (nSPS) is 11.4. The third kappa shape index (κ3) is 39.2. The standard InChI is InChI=1S/C42H82N10O10S/c1-63-35-19-49-42(59)12-29-60-31-33-62-34-32-61-30-28-52(24-10-40(57)47-17-26-50(20-6-36(53)2-13-43)21-7-37(54)3-14-44)25-11-41(58)48-18-27-51(22-8-38(55)4-15-45)23-9-39(56)5-16-46/h2-35,43-46H2,1H3,(H,47,57)(H,48,58)(H,49,59). The minimum atomic E-state index is -0.175. The monoisotopic (exact) mass is 919 g/mol. The summed E-state index contributed by atoms with van der Waals surface area (Å²) >= 11 is 1.67. The maximum atomic E-state index is 13.0. The van der Waals surface area contributed by atoms with E-state index in [1.807, 2.05) is 21.0 Å². The Morgan fingerprint density at radius 3 is 1.08 bits per heavy atom. The van der Waals surface area contributed by atoms with Crippen molar-refractivity contribution in [3.63, 3.8) is 0 Å². The van der Waals surface area contributed by atoms with E-state index >= 15 is 0 Å². The number of nitrogens with zero attached hydrogens (tertiary/aromatic N) is 3. The number of Topliss-reactive ketones (excluding diaryl/α,β-unsaturated/α-hetero) is 4. The predicted molar refractivity (Wildman–Crippen MR) is 246 cm³/mol. The zero-order chi connectivity index (χ0) is 46.8. The maximum absolute atomic E-state index is 13.0. The molecule has 0 atom stereocenters. The van der Waals surface area contributed by atoms with Crippen LogP contribution in [0.4, 0.5) is 0 Å². The summed E-state index contributed by atoms with van der Waals surface area (Å²) in [5.74, 6) is 0.666. The number of nitrogens with two attached hydrogens (primary N) is 4. The van der Waals surface area contributed by atoms with Gasteiger partial charge in [-0.3, -0.25) is 33.6 Å². The zero-order valence-corrected chi connectivity index (χ0v) is 39.0. The molecule has 0 bridgehead atoms. The Labute approximate surface area is 380 Å². The highest BCUT2D eigenvalue weighted by atomic mass is 32.2. The van der Waals surface area contributed by atoms with Gasteiger partial charge in [0.15, 0.2) is 0 Å². The molecule has 0 heterocycles. The quantitative estimate of drug-likeness (QED) is 0.0327. The molecule has 20 nitrogen and oxygen atoms in total. The van der Waals surface area contributed by atoms with E-state index in [0.29, 0.717) is 176 Å². The minimum absolute atomic E-state index is 0.0406. The Balaban J connectivity index is 5.08. The van der Waals surface area contributed by atoms with E-state index < -0.39 is 0 Å². The molecule has 63 heavy (non-hydrogen) atoms. The molecular weight excluding hydrogens is 837 g/mol. The molecule has 0 aromatic carbocycles. The van der Waals surface area contributed by atoms with Crippen LogP contribution in [0.25, 0.3) is 0 Å². The highest BCUT2D eigenvalue weighted by Crippen LogP contribution is 2.02. The summed E-state index contributed by atoms with van der Waals surface area (Å²) in [5.41, 5.74) is 22.1. The van der Waals surface area contributed by atoms with Gasteiger partial charge in [-0.25, -0.2) is 0 Å². The van der Waals surface area contributed by atoms with Crippen molar-refractivity contribution >= 4 is 52.6 Å². The molecule has 0 aliphatic rings. The molecule has 0 aliphatic heterocycles. The number of amides is 3. The number of thioether (sulfide) groups is 1. The first-order valence-electron chi connectivity index (χ1n) is 22.5. The number of carbonyl (C=O) groups excluding carboxylic acids is 7. The first kappa shape index (κ1) is 60.0. The van der Waals surface area contributed by atoms with E-state index in [1.165, 1.54) is 0 Å². The van der Waals surface area contributed by atoms with Crippen molar-refractivity contribution in [3.05, 3.63) is 0 Å². The second-order valence-electron chi connectivity index (χ2n) is 15.0. The molecule has 0 aliphatic carbocycles. The summed E-state index contributed by atoms with van der Waals surface area (Å²) < 4.78 is 16.8. The van der Waals surface area contributed by atoms with E-state index in [9.17, 15) is 33.6 Å². The Bertz CT molecular complexity index is 1140. The fourth-order valence-corrected chi connectivity index (χ4v) is 6.27. The lowest BCUT2D eigenvalue weighted by Crippen LogP contribution is -2.40. The maximum Gasteiger partial charge on any atom is 0.222 e. The fraction of sp³-hybridized carbons (Fsp3) is 0.833. The van der Waals surface area contributed by atoms with Crippen LogP contribution in [0.15, 0.2) is 0 Å². The highest BCUT2D eigenvalue weighted by Gasteiger charge is 2.15.